The largest absolute Gasteiger partial charge is 0.456 e. The molecule has 0 aliphatic rings. The van der Waals surface area contributed by atoms with Gasteiger partial charge in [-0.1, -0.05) is 0 Å². The van der Waals surface area contributed by atoms with Gasteiger partial charge in [0.25, 0.3) is 5.89 Å². The Kier molecular flexibility index (Phi) is 4.28. The van der Waals surface area contributed by atoms with E-state index in [1.54, 1.807) is 6.92 Å². The number of aryl methyl sites for hydroxylation is 4. The zero-order valence-electron chi connectivity index (χ0n) is 14.2. The van der Waals surface area contributed by atoms with E-state index in [9.17, 15) is 4.79 Å². The van der Waals surface area contributed by atoms with Crippen LogP contribution in [0, 0.1) is 27.7 Å². The molecule has 0 atom stereocenters. The van der Waals surface area contributed by atoms with E-state index in [1.807, 2.05) is 31.4 Å². The third-order valence-corrected chi connectivity index (χ3v) is 3.79. The Morgan fingerprint density at radius 2 is 2.04 bits per heavy atom. The first-order chi connectivity index (χ1) is 11.4. The number of esters is 1. The van der Waals surface area contributed by atoms with Crippen molar-refractivity contribution in [3.8, 4) is 0 Å². The summed E-state index contributed by atoms with van der Waals surface area (Å²) in [5, 5.41) is 11.9. The third kappa shape index (κ3) is 3.27. The van der Waals surface area contributed by atoms with E-state index in [2.05, 4.69) is 20.3 Å². The van der Waals surface area contributed by atoms with Crippen LogP contribution in [0.25, 0.3) is 5.65 Å². The van der Waals surface area contributed by atoms with Crippen LogP contribution in [-0.4, -0.2) is 30.8 Å². The molecule has 24 heavy (non-hydrogen) atoms. The monoisotopic (exact) mass is 329 g/mol. The number of aromatic nitrogens is 5. The molecule has 3 aromatic heterocycles. The number of hydrogen-bond donors (Lipinski definition) is 0. The Morgan fingerprint density at radius 3 is 2.75 bits per heavy atom. The Labute approximate surface area is 138 Å². The van der Waals surface area contributed by atoms with E-state index in [0.717, 1.165) is 28.3 Å². The summed E-state index contributed by atoms with van der Waals surface area (Å²) in [5.74, 6) is 0.422. The summed E-state index contributed by atoms with van der Waals surface area (Å²) in [6.07, 6.45) is 0.795. The Bertz CT molecular complexity index is 897. The molecule has 8 heteroatoms. The molecule has 0 aliphatic heterocycles. The van der Waals surface area contributed by atoms with Crippen molar-refractivity contribution in [3.63, 3.8) is 0 Å². The van der Waals surface area contributed by atoms with Crippen molar-refractivity contribution in [1.29, 1.82) is 0 Å². The average Bonchev–Trinajstić information content (AvgIpc) is 3.10. The van der Waals surface area contributed by atoms with Gasteiger partial charge in [0.2, 0.25) is 5.89 Å². The van der Waals surface area contributed by atoms with Crippen molar-refractivity contribution in [3.05, 3.63) is 40.5 Å². The number of fused-ring (bicyclic) bond motifs is 1. The molecular formula is C16H19N5O3. The standard InChI is InChI=1S/C16H19N5O3/c1-9-7-14-17-10(2)13(11(3)21(14)20-9)5-6-16(22)23-8-15-19-18-12(4)24-15/h7H,5-6,8H2,1-4H3. The van der Waals surface area contributed by atoms with Crippen molar-refractivity contribution in [2.75, 3.05) is 0 Å². The summed E-state index contributed by atoms with van der Waals surface area (Å²) in [7, 11) is 0. The highest BCUT2D eigenvalue weighted by Crippen LogP contribution is 2.17. The normalized spacial score (nSPS) is 11.2. The van der Waals surface area contributed by atoms with Crippen LogP contribution in [0.3, 0.4) is 0 Å². The maximum Gasteiger partial charge on any atom is 0.306 e. The molecule has 3 aromatic rings. The van der Waals surface area contributed by atoms with Gasteiger partial charge in [-0.2, -0.15) is 5.10 Å². The first-order valence-corrected chi connectivity index (χ1v) is 7.71. The average molecular weight is 329 g/mol. The summed E-state index contributed by atoms with van der Waals surface area (Å²) < 4.78 is 12.1. The van der Waals surface area contributed by atoms with Crippen LogP contribution < -0.4 is 0 Å². The Hall–Kier alpha value is -2.77. The minimum Gasteiger partial charge on any atom is -0.456 e. The van der Waals surface area contributed by atoms with E-state index in [0.29, 0.717) is 18.2 Å². The van der Waals surface area contributed by atoms with Gasteiger partial charge in [0.1, 0.15) is 0 Å². The van der Waals surface area contributed by atoms with Crippen LogP contribution >= 0.6 is 0 Å². The van der Waals surface area contributed by atoms with Gasteiger partial charge < -0.3 is 9.15 Å². The van der Waals surface area contributed by atoms with Gasteiger partial charge in [-0.15, -0.1) is 10.2 Å². The molecule has 8 nitrogen and oxygen atoms in total. The molecule has 126 valence electrons. The van der Waals surface area contributed by atoms with E-state index < -0.39 is 0 Å². The SMILES string of the molecule is Cc1cc2nc(C)c(CCC(=O)OCc3nnc(C)o3)c(C)n2n1. The van der Waals surface area contributed by atoms with Crippen LogP contribution in [0.1, 0.15) is 40.8 Å². The van der Waals surface area contributed by atoms with Crippen LogP contribution in [0.2, 0.25) is 0 Å². The molecule has 0 bridgehead atoms. The predicted octanol–water partition coefficient (Wildman–Crippen LogP) is 2.02. The number of hydrogen-bond acceptors (Lipinski definition) is 7. The maximum absolute atomic E-state index is 11.9. The molecule has 3 rings (SSSR count). The minimum atomic E-state index is -0.318. The highest BCUT2D eigenvalue weighted by molar-refractivity contribution is 5.69. The molecule has 0 spiro atoms. The molecule has 3 heterocycles. The second kappa shape index (κ2) is 6.38. The molecular weight excluding hydrogens is 310 g/mol. The summed E-state index contributed by atoms with van der Waals surface area (Å²) in [4.78, 5) is 16.5. The quantitative estimate of drug-likeness (QED) is 0.661. The zero-order chi connectivity index (χ0) is 17.3. The van der Waals surface area contributed by atoms with Gasteiger partial charge in [0.15, 0.2) is 12.3 Å². The van der Waals surface area contributed by atoms with E-state index in [4.69, 9.17) is 9.15 Å². The molecule has 0 unspecified atom stereocenters. The molecule has 0 aliphatic carbocycles. The molecule has 0 fully saturated rings. The first-order valence-electron chi connectivity index (χ1n) is 7.71. The van der Waals surface area contributed by atoms with Crippen molar-refractivity contribution < 1.29 is 13.9 Å². The number of ether oxygens (including phenoxy) is 1. The third-order valence-electron chi connectivity index (χ3n) is 3.79. The Morgan fingerprint density at radius 1 is 1.25 bits per heavy atom. The van der Waals surface area contributed by atoms with Crippen LogP contribution in [0.15, 0.2) is 10.5 Å². The number of carbonyl (C=O) groups excluding carboxylic acids is 1. The van der Waals surface area contributed by atoms with Gasteiger partial charge in [-0.05, 0) is 32.8 Å². The number of rotatable bonds is 5. The second-order valence-electron chi connectivity index (χ2n) is 5.69. The first kappa shape index (κ1) is 16.1. The van der Waals surface area contributed by atoms with Crippen molar-refractivity contribution in [2.45, 2.75) is 47.1 Å². The lowest BCUT2D eigenvalue weighted by molar-refractivity contribution is -0.145. The van der Waals surface area contributed by atoms with Gasteiger partial charge >= 0.3 is 5.97 Å². The van der Waals surface area contributed by atoms with E-state index >= 15 is 0 Å². The smallest absolute Gasteiger partial charge is 0.306 e. The number of carbonyl (C=O) groups is 1. The van der Waals surface area contributed by atoms with Crippen LogP contribution in [0.4, 0.5) is 0 Å². The molecule has 0 radical (unpaired) electrons. The van der Waals surface area contributed by atoms with Crippen molar-refractivity contribution >= 4 is 11.6 Å². The van der Waals surface area contributed by atoms with E-state index in [1.165, 1.54) is 0 Å². The van der Waals surface area contributed by atoms with Crippen molar-refractivity contribution in [1.82, 2.24) is 24.8 Å². The lowest BCUT2D eigenvalue weighted by Gasteiger charge is -2.10. The van der Waals surface area contributed by atoms with Gasteiger partial charge in [0.05, 0.1) is 5.69 Å². The lowest BCUT2D eigenvalue weighted by Crippen LogP contribution is -2.10. The van der Waals surface area contributed by atoms with Gasteiger partial charge in [-0.25, -0.2) is 9.50 Å². The summed E-state index contributed by atoms with van der Waals surface area (Å²) in [6.45, 7) is 7.53. The summed E-state index contributed by atoms with van der Waals surface area (Å²) in [5.41, 5.74) is 4.64. The molecule has 0 saturated heterocycles. The highest BCUT2D eigenvalue weighted by atomic mass is 16.5. The fourth-order valence-electron chi connectivity index (χ4n) is 2.64. The topological polar surface area (TPSA) is 95.4 Å². The molecule has 0 saturated carbocycles. The van der Waals surface area contributed by atoms with Gasteiger partial charge in [-0.3, -0.25) is 4.79 Å². The minimum absolute atomic E-state index is 0.00667. The molecule has 0 aromatic carbocycles. The van der Waals surface area contributed by atoms with Crippen LogP contribution in [-0.2, 0) is 22.6 Å². The lowest BCUT2D eigenvalue weighted by atomic mass is 10.1. The molecule has 0 amide bonds. The summed E-state index contributed by atoms with van der Waals surface area (Å²) in [6, 6.07) is 1.93. The Balaban J connectivity index is 1.65. The summed E-state index contributed by atoms with van der Waals surface area (Å²) >= 11 is 0. The molecule has 0 N–H and O–H groups in total. The van der Waals surface area contributed by atoms with Crippen molar-refractivity contribution in [2.24, 2.45) is 0 Å². The number of nitrogens with zero attached hydrogens (tertiary/aromatic N) is 5. The predicted molar refractivity (Wildman–Crippen MR) is 84.4 cm³/mol. The second-order valence-corrected chi connectivity index (χ2v) is 5.69. The van der Waals surface area contributed by atoms with Gasteiger partial charge in [0, 0.05) is 30.8 Å². The van der Waals surface area contributed by atoms with E-state index in [-0.39, 0.29) is 19.0 Å². The fraction of sp³-hybridized carbons (Fsp3) is 0.438. The maximum atomic E-state index is 11.9. The highest BCUT2D eigenvalue weighted by Gasteiger charge is 2.14. The fourth-order valence-corrected chi connectivity index (χ4v) is 2.64. The van der Waals surface area contributed by atoms with Crippen LogP contribution in [0.5, 0.6) is 0 Å². The zero-order valence-corrected chi connectivity index (χ0v) is 14.2.